The van der Waals surface area contributed by atoms with Crippen molar-refractivity contribution < 1.29 is 9.53 Å². The molecule has 0 unspecified atom stereocenters. The van der Waals surface area contributed by atoms with Crippen molar-refractivity contribution in [3.05, 3.63) is 48.3 Å². The van der Waals surface area contributed by atoms with Crippen LogP contribution in [0.15, 0.2) is 42.7 Å². The molecule has 2 rings (SSSR count). The quantitative estimate of drug-likeness (QED) is 0.778. The predicted octanol–water partition coefficient (Wildman–Crippen LogP) is 1.25. The molecule has 0 spiro atoms. The Hall–Kier alpha value is -2.74. The Morgan fingerprint density at radius 3 is 2.86 bits per heavy atom. The van der Waals surface area contributed by atoms with Gasteiger partial charge in [0, 0.05) is 18.9 Å². The summed E-state index contributed by atoms with van der Waals surface area (Å²) in [6.45, 7) is 1.10. The predicted molar refractivity (Wildman–Crippen MR) is 79.7 cm³/mol. The van der Waals surface area contributed by atoms with Crippen LogP contribution in [0.4, 0.5) is 0 Å². The van der Waals surface area contributed by atoms with Crippen LogP contribution in [0.5, 0.6) is 5.75 Å². The van der Waals surface area contributed by atoms with Gasteiger partial charge >= 0.3 is 0 Å². The number of hydrogen-bond acceptors (Lipinski definition) is 3. The number of ether oxygens (including phenoxy) is 1. The van der Waals surface area contributed by atoms with Gasteiger partial charge in [0.1, 0.15) is 18.9 Å². The lowest BCUT2D eigenvalue weighted by Gasteiger charge is -2.07. The van der Waals surface area contributed by atoms with Gasteiger partial charge in [-0.25, -0.2) is 0 Å². The maximum absolute atomic E-state index is 11.7. The molecule has 0 aliphatic rings. The molecule has 2 aromatic rings. The second kappa shape index (κ2) is 7.75. The molecule has 0 aliphatic carbocycles. The molecule has 108 valence electrons. The first-order chi connectivity index (χ1) is 10.3. The number of amides is 1. The second-order valence-corrected chi connectivity index (χ2v) is 4.44. The fraction of sp³-hybridized carbons (Fsp3) is 0.250. The highest BCUT2D eigenvalue weighted by molar-refractivity contribution is 5.75. The fourth-order valence-corrected chi connectivity index (χ4v) is 1.82. The van der Waals surface area contributed by atoms with E-state index in [9.17, 15) is 4.79 Å². The van der Waals surface area contributed by atoms with Crippen LogP contribution in [-0.2, 0) is 17.8 Å². The molecule has 0 aliphatic heterocycles. The lowest BCUT2D eigenvalue weighted by atomic mass is 10.1. The summed E-state index contributed by atoms with van der Waals surface area (Å²) in [5.41, 5.74) is 1.13. The number of hydrogen-bond donors (Lipinski definition) is 1. The second-order valence-electron chi connectivity index (χ2n) is 4.44. The number of benzene rings is 1. The van der Waals surface area contributed by atoms with Gasteiger partial charge < -0.3 is 10.1 Å². The van der Waals surface area contributed by atoms with E-state index in [0.717, 1.165) is 17.7 Å². The first-order valence-corrected chi connectivity index (χ1v) is 6.67. The molecule has 0 saturated heterocycles. The van der Waals surface area contributed by atoms with Crippen LogP contribution in [0.3, 0.4) is 0 Å². The van der Waals surface area contributed by atoms with Crippen LogP contribution < -0.4 is 10.1 Å². The van der Waals surface area contributed by atoms with Gasteiger partial charge in [0.05, 0.1) is 0 Å². The number of carbonyl (C=O) groups is 1. The average molecular weight is 283 g/mol. The molecule has 0 fully saturated rings. The lowest BCUT2D eigenvalue weighted by molar-refractivity contribution is -0.121. The molecular formula is C16H17N3O2. The van der Waals surface area contributed by atoms with Crippen LogP contribution in [-0.4, -0.2) is 28.8 Å². The van der Waals surface area contributed by atoms with E-state index in [0.29, 0.717) is 6.54 Å². The van der Waals surface area contributed by atoms with E-state index in [4.69, 9.17) is 11.2 Å². The molecule has 5 heteroatoms. The number of terminal acetylenes is 1. The third kappa shape index (κ3) is 5.03. The van der Waals surface area contributed by atoms with E-state index in [1.54, 1.807) is 23.1 Å². The van der Waals surface area contributed by atoms with Crippen molar-refractivity contribution >= 4 is 5.91 Å². The normalized spacial score (nSPS) is 9.86. The number of rotatable bonds is 7. The van der Waals surface area contributed by atoms with E-state index in [2.05, 4.69) is 16.3 Å². The van der Waals surface area contributed by atoms with Gasteiger partial charge in [-0.3, -0.25) is 9.48 Å². The zero-order valence-electron chi connectivity index (χ0n) is 11.7. The van der Waals surface area contributed by atoms with E-state index in [-0.39, 0.29) is 19.1 Å². The highest BCUT2D eigenvalue weighted by Gasteiger charge is 2.02. The Kier molecular flexibility index (Phi) is 5.41. The highest BCUT2D eigenvalue weighted by Crippen LogP contribution is 2.12. The summed E-state index contributed by atoms with van der Waals surface area (Å²) in [4.78, 5) is 11.7. The SMILES string of the molecule is C#CCOc1ccc(CCNC(=O)Cn2cccn2)cc1. The molecule has 0 atom stereocenters. The van der Waals surface area contributed by atoms with Crippen LogP contribution in [0.2, 0.25) is 0 Å². The third-order valence-electron chi connectivity index (χ3n) is 2.85. The van der Waals surface area contributed by atoms with Crippen molar-refractivity contribution in [2.45, 2.75) is 13.0 Å². The van der Waals surface area contributed by atoms with E-state index in [1.165, 1.54) is 0 Å². The third-order valence-corrected chi connectivity index (χ3v) is 2.85. The molecular weight excluding hydrogens is 266 g/mol. The molecule has 0 bridgehead atoms. The fourth-order valence-electron chi connectivity index (χ4n) is 1.82. The van der Waals surface area contributed by atoms with E-state index < -0.39 is 0 Å². The van der Waals surface area contributed by atoms with Crippen molar-refractivity contribution in [3.8, 4) is 18.1 Å². The van der Waals surface area contributed by atoms with Gasteiger partial charge in [-0.1, -0.05) is 18.1 Å². The Morgan fingerprint density at radius 2 is 2.19 bits per heavy atom. The zero-order valence-corrected chi connectivity index (χ0v) is 11.7. The smallest absolute Gasteiger partial charge is 0.241 e. The number of aromatic nitrogens is 2. The van der Waals surface area contributed by atoms with Crippen molar-refractivity contribution in [2.75, 3.05) is 13.2 Å². The zero-order chi connectivity index (χ0) is 14.9. The van der Waals surface area contributed by atoms with Gasteiger partial charge in [-0.05, 0) is 30.2 Å². The Labute approximate surface area is 123 Å². The van der Waals surface area contributed by atoms with Crippen molar-refractivity contribution in [1.29, 1.82) is 0 Å². The monoisotopic (exact) mass is 283 g/mol. The minimum absolute atomic E-state index is 0.0485. The highest BCUT2D eigenvalue weighted by atomic mass is 16.5. The van der Waals surface area contributed by atoms with Gasteiger partial charge in [0.25, 0.3) is 0 Å². The standard InChI is InChI=1S/C16H17N3O2/c1-2-12-21-15-6-4-14(5-7-15)8-10-17-16(20)13-19-11-3-9-18-19/h1,3-7,9,11H,8,10,12-13H2,(H,17,20). The molecule has 1 N–H and O–H groups in total. The molecule has 1 aromatic heterocycles. The summed E-state index contributed by atoms with van der Waals surface area (Å²) in [6, 6.07) is 9.46. The largest absolute Gasteiger partial charge is 0.481 e. The average Bonchev–Trinajstić information content (AvgIpc) is 2.99. The summed E-state index contributed by atoms with van der Waals surface area (Å²) in [5, 5.41) is 6.85. The Balaban J connectivity index is 1.70. The molecule has 0 saturated carbocycles. The van der Waals surface area contributed by atoms with Crippen LogP contribution >= 0.6 is 0 Å². The first-order valence-electron chi connectivity index (χ1n) is 6.67. The number of carbonyl (C=O) groups excluding carboxylic acids is 1. The summed E-state index contributed by atoms with van der Waals surface area (Å²) in [7, 11) is 0. The Morgan fingerprint density at radius 1 is 1.38 bits per heavy atom. The van der Waals surface area contributed by atoms with Crippen molar-refractivity contribution in [1.82, 2.24) is 15.1 Å². The van der Waals surface area contributed by atoms with Crippen LogP contribution in [0.1, 0.15) is 5.56 Å². The minimum Gasteiger partial charge on any atom is -0.481 e. The minimum atomic E-state index is -0.0485. The lowest BCUT2D eigenvalue weighted by Crippen LogP contribution is -2.29. The van der Waals surface area contributed by atoms with Crippen molar-refractivity contribution in [3.63, 3.8) is 0 Å². The molecule has 21 heavy (non-hydrogen) atoms. The first kappa shape index (κ1) is 14.7. The van der Waals surface area contributed by atoms with Gasteiger partial charge in [0.2, 0.25) is 5.91 Å². The summed E-state index contributed by atoms with van der Waals surface area (Å²) in [5.74, 6) is 3.12. The summed E-state index contributed by atoms with van der Waals surface area (Å²) < 4.78 is 6.89. The number of nitrogens with zero attached hydrogens (tertiary/aromatic N) is 2. The summed E-state index contributed by atoms with van der Waals surface area (Å²) >= 11 is 0. The van der Waals surface area contributed by atoms with E-state index in [1.807, 2.05) is 24.3 Å². The van der Waals surface area contributed by atoms with Crippen LogP contribution in [0.25, 0.3) is 0 Å². The maximum atomic E-state index is 11.7. The molecule has 0 radical (unpaired) electrons. The topological polar surface area (TPSA) is 56.1 Å². The molecule has 1 amide bonds. The van der Waals surface area contributed by atoms with E-state index >= 15 is 0 Å². The summed E-state index contributed by atoms with van der Waals surface area (Å²) in [6.07, 6.45) is 9.30. The van der Waals surface area contributed by atoms with Gasteiger partial charge in [0.15, 0.2) is 0 Å². The van der Waals surface area contributed by atoms with Crippen LogP contribution in [0, 0.1) is 12.3 Å². The molecule has 5 nitrogen and oxygen atoms in total. The maximum Gasteiger partial charge on any atom is 0.241 e. The van der Waals surface area contributed by atoms with Crippen molar-refractivity contribution in [2.24, 2.45) is 0 Å². The number of nitrogens with one attached hydrogen (secondary N) is 1. The van der Waals surface area contributed by atoms with Gasteiger partial charge in [-0.2, -0.15) is 5.10 Å². The van der Waals surface area contributed by atoms with Gasteiger partial charge in [-0.15, -0.1) is 6.42 Å². The molecule has 1 heterocycles. The molecule has 1 aromatic carbocycles. The Bertz CT molecular complexity index is 597.